The van der Waals surface area contributed by atoms with Crippen LogP contribution in [-0.4, -0.2) is 5.78 Å². The van der Waals surface area contributed by atoms with Crippen molar-refractivity contribution < 1.29 is 9.18 Å². The summed E-state index contributed by atoms with van der Waals surface area (Å²) in [6.07, 6.45) is 1.56. The highest BCUT2D eigenvalue weighted by Gasteiger charge is 2.09. The summed E-state index contributed by atoms with van der Waals surface area (Å²) in [6, 6.07) is 3.94. The fraction of sp³-hybridized carbons (Fsp3) is 0.100. The smallest absolute Gasteiger partial charge is 0.169 e. The minimum Gasteiger partial charge on any atom is -0.399 e. The first-order valence-corrected chi connectivity index (χ1v) is 3.84. The van der Waals surface area contributed by atoms with Crippen molar-refractivity contribution in [1.82, 2.24) is 0 Å². The van der Waals surface area contributed by atoms with Gasteiger partial charge in [0.25, 0.3) is 0 Å². The van der Waals surface area contributed by atoms with Crippen molar-refractivity contribution in [2.45, 2.75) is 6.42 Å². The molecule has 0 aliphatic heterocycles. The molecule has 0 aromatic heterocycles. The van der Waals surface area contributed by atoms with Gasteiger partial charge in [-0.05, 0) is 18.2 Å². The zero-order valence-corrected chi connectivity index (χ0v) is 7.09. The summed E-state index contributed by atoms with van der Waals surface area (Å²) >= 11 is 0. The standard InChI is InChI=1S/C10H10FNO/c1-2-3-10(13)8-6-7(12)4-5-9(8)11/h2,4-6H,1,3,12H2. The summed E-state index contributed by atoms with van der Waals surface area (Å²) < 4.78 is 13.0. The van der Waals surface area contributed by atoms with Gasteiger partial charge in [0.2, 0.25) is 0 Å². The van der Waals surface area contributed by atoms with Crippen LogP contribution in [0.1, 0.15) is 16.8 Å². The molecule has 0 aliphatic rings. The summed E-state index contributed by atoms with van der Waals surface area (Å²) in [5, 5.41) is 0. The second-order valence-corrected chi connectivity index (χ2v) is 2.66. The lowest BCUT2D eigenvalue weighted by atomic mass is 10.1. The van der Waals surface area contributed by atoms with Crippen molar-refractivity contribution in [1.29, 1.82) is 0 Å². The van der Waals surface area contributed by atoms with Crippen LogP contribution in [0.2, 0.25) is 0 Å². The summed E-state index contributed by atoms with van der Waals surface area (Å²) in [6.45, 7) is 3.40. The van der Waals surface area contributed by atoms with Gasteiger partial charge in [0.05, 0.1) is 5.56 Å². The van der Waals surface area contributed by atoms with Crippen LogP contribution in [0.15, 0.2) is 30.9 Å². The van der Waals surface area contributed by atoms with Gasteiger partial charge in [-0.15, -0.1) is 6.58 Å². The predicted octanol–water partition coefficient (Wildman–Crippen LogP) is 2.17. The van der Waals surface area contributed by atoms with E-state index in [9.17, 15) is 9.18 Å². The molecule has 0 atom stereocenters. The molecule has 0 radical (unpaired) electrons. The van der Waals surface area contributed by atoms with Gasteiger partial charge in [-0.1, -0.05) is 6.08 Å². The second kappa shape index (κ2) is 3.85. The van der Waals surface area contributed by atoms with Gasteiger partial charge in [-0.25, -0.2) is 4.39 Å². The zero-order chi connectivity index (χ0) is 9.84. The Hall–Kier alpha value is -1.64. The maximum atomic E-state index is 13.0. The maximum absolute atomic E-state index is 13.0. The van der Waals surface area contributed by atoms with E-state index in [0.717, 1.165) is 0 Å². The monoisotopic (exact) mass is 179 g/mol. The number of rotatable bonds is 3. The normalized spacial score (nSPS) is 9.62. The SMILES string of the molecule is C=CCC(=O)c1cc(N)ccc1F. The Kier molecular flexibility index (Phi) is 2.80. The van der Waals surface area contributed by atoms with Gasteiger partial charge in [0.1, 0.15) is 5.82 Å². The molecule has 1 rings (SSSR count). The van der Waals surface area contributed by atoms with Crippen molar-refractivity contribution in [3.63, 3.8) is 0 Å². The molecule has 3 heteroatoms. The fourth-order valence-corrected chi connectivity index (χ4v) is 0.998. The van der Waals surface area contributed by atoms with Gasteiger partial charge in [-0.2, -0.15) is 0 Å². The largest absolute Gasteiger partial charge is 0.399 e. The third-order valence-electron chi connectivity index (χ3n) is 1.62. The Labute approximate surface area is 75.9 Å². The number of carbonyl (C=O) groups excluding carboxylic acids is 1. The van der Waals surface area contributed by atoms with E-state index < -0.39 is 5.82 Å². The number of carbonyl (C=O) groups is 1. The molecule has 1 aromatic rings. The van der Waals surface area contributed by atoms with Crippen LogP contribution in [0.3, 0.4) is 0 Å². The van der Waals surface area contributed by atoms with Crippen LogP contribution in [0.4, 0.5) is 10.1 Å². The topological polar surface area (TPSA) is 43.1 Å². The number of allylic oxidation sites excluding steroid dienone is 1. The first-order chi connectivity index (χ1) is 6.15. The van der Waals surface area contributed by atoms with Crippen LogP contribution in [-0.2, 0) is 0 Å². The molecule has 2 N–H and O–H groups in total. The van der Waals surface area contributed by atoms with E-state index >= 15 is 0 Å². The fourth-order valence-electron chi connectivity index (χ4n) is 0.998. The second-order valence-electron chi connectivity index (χ2n) is 2.66. The average Bonchev–Trinajstić information content (AvgIpc) is 2.09. The Bertz CT molecular complexity index is 347. The third kappa shape index (κ3) is 2.15. The molecule has 0 aliphatic carbocycles. The molecule has 0 saturated carbocycles. The molecule has 1 aromatic carbocycles. The van der Waals surface area contributed by atoms with E-state index in [1.54, 1.807) is 0 Å². The number of halogens is 1. The lowest BCUT2D eigenvalue weighted by Gasteiger charge is -2.01. The third-order valence-corrected chi connectivity index (χ3v) is 1.62. The highest BCUT2D eigenvalue weighted by molar-refractivity contribution is 5.97. The first kappa shape index (κ1) is 9.45. The highest BCUT2D eigenvalue weighted by Crippen LogP contribution is 2.13. The summed E-state index contributed by atoms with van der Waals surface area (Å²) in [5.74, 6) is -0.846. The lowest BCUT2D eigenvalue weighted by Crippen LogP contribution is -2.02. The molecule has 2 nitrogen and oxygen atoms in total. The number of Topliss-reactive ketones (excluding diaryl/α,β-unsaturated/α-hetero) is 1. The number of anilines is 1. The van der Waals surface area contributed by atoms with Crippen LogP contribution < -0.4 is 5.73 Å². The Morgan fingerprint density at radius 2 is 2.31 bits per heavy atom. The quantitative estimate of drug-likeness (QED) is 0.439. The molecule has 13 heavy (non-hydrogen) atoms. The first-order valence-electron chi connectivity index (χ1n) is 3.84. The van der Waals surface area contributed by atoms with E-state index in [4.69, 9.17) is 5.73 Å². The van der Waals surface area contributed by atoms with Crippen LogP contribution in [0.25, 0.3) is 0 Å². The van der Waals surface area contributed by atoms with Crippen molar-refractivity contribution in [2.24, 2.45) is 0 Å². The minimum absolute atomic E-state index is 0.0277. The lowest BCUT2D eigenvalue weighted by molar-refractivity contribution is 0.0992. The Balaban J connectivity index is 3.05. The van der Waals surface area contributed by atoms with Gasteiger partial charge in [-0.3, -0.25) is 4.79 Å². The van der Waals surface area contributed by atoms with Crippen molar-refractivity contribution in [3.8, 4) is 0 Å². The van der Waals surface area contributed by atoms with E-state index in [0.29, 0.717) is 5.69 Å². The number of hydrogen-bond donors (Lipinski definition) is 1. The minimum atomic E-state index is -0.541. The van der Waals surface area contributed by atoms with Crippen LogP contribution >= 0.6 is 0 Å². The number of ketones is 1. The summed E-state index contributed by atoms with van der Waals surface area (Å²) in [4.78, 5) is 11.3. The van der Waals surface area contributed by atoms with Crippen molar-refractivity contribution in [2.75, 3.05) is 5.73 Å². The molecule has 0 fully saturated rings. The number of nitrogens with two attached hydrogens (primary N) is 1. The van der Waals surface area contributed by atoms with Crippen LogP contribution in [0.5, 0.6) is 0 Å². The Morgan fingerprint density at radius 3 is 2.92 bits per heavy atom. The van der Waals surface area contributed by atoms with E-state index in [-0.39, 0.29) is 17.8 Å². The summed E-state index contributed by atoms with van der Waals surface area (Å²) in [7, 11) is 0. The average molecular weight is 179 g/mol. The number of benzene rings is 1. The van der Waals surface area contributed by atoms with Gasteiger partial charge in [0.15, 0.2) is 5.78 Å². The maximum Gasteiger partial charge on any atom is 0.169 e. The molecular weight excluding hydrogens is 169 g/mol. The van der Waals surface area contributed by atoms with Gasteiger partial charge in [0, 0.05) is 12.1 Å². The predicted molar refractivity (Wildman–Crippen MR) is 50.0 cm³/mol. The molecule has 0 amide bonds. The van der Waals surface area contributed by atoms with E-state index in [1.807, 2.05) is 0 Å². The summed E-state index contributed by atoms with van der Waals surface area (Å²) in [5.41, 5.74) is 5.83. The molecule has 0 bridgehead atoms. The Morgan fingerprint density at radius 1 is 1.62 bits per heavy atom. The molecule has 0 unspecified atom stereocenters. The van der Waals surface area contributed by atoms with Gasteiger partial charge >= 0.3 is 0 Å². The highest BCUT2D eigenvalue weighted by atomic mass is 19.1. The van der Waals surface area contributed by atoms with E-state index in [1.165, 1.54) is 24.3 Å². The molecule has 0 saturated heterocycles. The van der Waals surface area contributed by atoms with Gasteiger partial charge < -0.3 is 5.73 Å². The van der Waals surface area contributed by atoms with E-state index in [2.05, 4.69) is 6.58 Å². The number of nitrogen functional groups attached to an aromatic ring is 1. The molecule has 0 heterocycles. The molecule has 0 spiro atoms. The number of hydrogen-bond acceptors (Lipinski definition) is 2. The van der Waals surface area contributed by atoms with Crippen molar-refractivity contribution in [3.05, 3.63) is 42.2 Å². The molecule has 68 valence electrons. The van der Waals surface area contributed by atoms with Crippen LogP contribution in [0, 0.1) is 5.82 Å². The molecular formula is C10H10FNO. The zero-order valence-electron chi connectivity index (χ0n) is 7.09. The van der Waals surface area contributed by atoms with Crippen molar-refractivity contribution >= 4 is 11.5 Å².